The Morgan fingerprint density at radius 3 is 2.80 bits per heavy atom. The first-order chi connectivity index (χ1) is 9.52. The zero-order valence-electron chi connectivity index (χ0n) is 12.0. The third-order valence-corrected chi connectivity index (χ3v) is 7.71. The highest BCUT2D eigenvalue weighted by Crippen LogP contribution is 2.37. The molecule has 4 atom stereocenters. The van der Waals surface area contributed by atoms with Crippen molar-refractivity contribution in [2.45, 2.75) is 42.1 Å². The fourth-order valence-corrected chi connectivity index (χ4v) is 5.74. The topological polar surface area (TPSA) is 12.0 Å². The molecule has 0 bridgehead atoms. The smallest absolute Gasteiger partial charge is 0.145 e. The molecule has 1 saturated heterocycles. The van der Waals surface area contributed by atoms with Gasteiger partial charge < -0.3 is 5.32 Å². The molecule has 0 amide bonds. The first-order valence-electron chi connectivity index (χ1n) is 6.90. The van der Waals surface area contributed by atoms with Gasteiger partial charge in [0.15, 0.2) is 0 Å². The summed E-state index contributed by atoms with van der Waals surface area (Å²) < 4.78 is 14.0. The number of rotatable bonds is 4. The monoisotopic (exact) mass is 333 g/mol. The van der Waals surface area contributed by atoms with Gasteiger partial charge in [-0.3, -0.25) is 0 Å². The zero-order valence-corrected chi connectivity index (χ0v) is 14.4. The first-order valence-corrected chi connectivity index (χ1v) is 9.27. The van der Waals surface area contributed by atoms with Gasteiger partial charge in [-0.1, -0.05) is 37.6 Å². The molecule has 1 aromatic rings. The molecule has 0 spiro atoms. The van der Waals surface area contributed by atoms with Gasteiger partial charge in [0.05, 0.1) is 5.02 Å². The van der Waals surface area contributed by atoms with E-state index in [1.807, 2.05) is 42.7 Å². The molecule has 1 N–H and O–H groups in total. The summed E-state index contributed by atoms with van der Waals surface area (Å²) in [6.07, 6.45) is 0.683. The molecule has 0 aliphatic carbocycles. The number of halogens is 2. The summed E-state index contributed by atoms with van der Waals surface area (Å²) >= 11 is 9.90. The Morgan fingerprint density at radius 1 is 1.40 bits per heavy atom. The summed E-state index contributed by atoms with van der Waals surface area (Å²) in [6, 6.07) is 5.53. The van der Waals surface area contributed by atoms with Crippen LogP contribution in [0.25, 0.3) is 0 Å². The molecule has 1 heterocycles. The lowest BCUT2D eigenvalue weighted by Gasteiger charge is -2.36. The maximum Gasteiger partial charge on any atom is 0.145 e. The van der Waals surface area contributed by atoms with Crippen LogP contribution in [0.15, 0.2) is 18.2 Å². The van der Waals surface area contributed by atoms with Crippen LogP contribution in [0, 0.1) is 5.82 Å². The minimum absolute atomic E-state index is 0.213. The molecular weight excluding hydrogens is 313 g/mol. The predicted octanol–water partition coefficient (Wildman–Crippen LogP) is 4.24. The maximum atomic E-state index is 14.0. The van der Waals surface area contributed by atoms with E-state index in [4.69, 9.17) is 11.6 Å². The van der Waals surface area contributed by atoms with E-state index in [2.05, 4.69) is 19.2 Å². The molecule has 5 heteroatoms. The van der Waals surface area contributed by atoms with Crippen LogP contribution in [-0.4, -0.2) is 34.6 Å². The Labute approximate surface area is 134 Å². The Hall–Kier alpha value is 0.1000. The maximum absolute atomic E-state index is 14.0. The molecule has 0 saturated carbocycles. The van der Waals surface area contributed by atoms with E-state index >= 15 is 0 Å². The van der Waals surface area contributed by atoms with E-state index in [1.54, 1.807) is 6.07 Å². The third kappa shape index (κ3) is 3.85. The lowest BCUT2D eigenvalue weighted by molar-refractivity contribution is 0.531. The predicted molar refractivity (Wildman–Crippen MR) is 90.7 cm³/mol. The summed E-state index contributed by atoms with van der Waals surface area (Å²) in [5.41, 5.74) is 0.703. The molecule has 1 aliphatic heterocycles. The minimum atomic E-state index is -0.274. The number of thioether (sulfide) groups is 2. The lowest BCUT2D eigenvalue weighted by atomic mass is 10.0. The van der Waals surface area contributed by atoms with E-state index in [1.165, 1.54) is 0 Å². The highest BCUT2D eigenvalue weighted by Gasteiger charge is 2.31. The highest BCUT2D eigenvalue weighted by molar-refractivity contribution is 8.07. The van der Waals surface area contributed by atoms with Crippen LogP contribution < -0.4 is 5.32 Å². The normalized spacial score (nSPS) is 28.4. The number of hydrogen-bond acceptors (Lipinski definition) is 3. The molecule has 20 heavy (non-hydrogen) atoms. The molecule has 1 fully saturated rings. The molecule has 1 nitrogen and oxygen atoms in total. The van der Waals surface area contributed by atoms with Crippen molar-refractivity contribution in [3.8, 4) is 0 Å². The van der Waals surface area contributed by atoms with Crippen LogP contribution in [0.3, 0.4) is 0 Å². The van der Waals surface area contributed by atoms with Crippen molar-refractivity contribution in [1.82, 2.24) is 5.32 Å². The SMILES string of the molecule is CNC(Cc1cccc(Cl)c1F)C1CSC(C)C(C)S1. The molecule has 4 unspecified atom stereocenters. The van der Waals surface area contributed by atoms with Gasteiger partial charge >= 0.3 is 0 Å². The number of benzene rings is 1. The van der Waals surface area contributed by atoms with Gasteiger partial charge in [0.1, 0.15) is 5.82 Å². The van der Waals surface area contributed by atoms with Crippen molar-refractivity contribution in [1.29, 1.82) is 0 Å². The molecule has 0 radical (unpaired) electrons. The lowest BCUT2D eigenvalue weighted by Crippen LogP contribution is -2.43. The second kappa shape index (κ2) is 7.39. The molecule has 1 aliphatic rings. The number of nitrogens with one attached hydrogen (secondary N) is 1. The van der Waals surface area contributed by atoms with Gasteiger partial charge in [0, 0.05) is 27.5 Å². The van der Waals surface area contributed by atoms with Crippen molar-refractivity contribution in [3.05, 3.63) is 34.6 Å². The van der Waals surface area contributed by atoms with E-state index in [9.17, 15) is 4.39 Å². The molecule has 112 valence electrons. The first kappa shape index (κ1) is 16.5. The largest absolute Gasteiger partial charge is 0.316 e. The number of hydrogen-bond donors (Lipinski definition) is 1. The van der Waals surface area contributed by atoms with Gasteiger partial charge in [-0.15, -0.1) is 0 Å². The van der Waals surface area contributed by atoms with Gasteiger partial charge in [0.25, 0.3) is 0 Å². The van der Waals surface area contributed by atoms with Crippen LogP contribution in [0.1, 0.15) is 19.4 Å². The fraction of sp³-hybridized carbons (Fsp3) is 0.600. The van der Waals surface area contributed by atoms with Crippen molar-refractivity contribution < 1.29 is 4.39 Å². The van der Waals surface area contributed by atoms with Crippen LogP contribution in [-0.2, 0) is 6.42 Å². The van der Waals surface area contributed by atoms with Crippen molar-refractivity contribution >= 4 is 35.1 Å². The van der Waals surface area contributed by atoms with Gasteiger partial charge in [-0.2, -0.15) is 23.5 Å². The Balaban J connectivity index is 2.07. The Kier molecular flexibility index (Phi) is 6.09. The van der Waals surface area contributed by atoms with Crippen molar-refractivity contribution in [2.24, 2.45) is 0 Å². The van der Waals surface area contributed by atoms with Gasteiger partial charge in [-0.25, -0.2) is 4.39 Å². The summed E-state index contributed by atoms with van der Waals surface area (Å²) in [7, 11) is 1.96. The van der Waals surface area contributed by atoms with E-state index < -0.39 is 0 Å². The highest BCUT2D eigenvalue weighted by atomic mass is 35.5. The second-order valence-electron chi connectivity index (χ2n) is 5.23. The molecule has 0 aromatic heterocycles. The van der Waals surface area contributed by atoms with Crippen LogP contribution >= 0.6 is 35.1 Å². The van der Waals surface area contributed by atoms with Crippen molar-refractivity contribution in [3.63, 3.8) is 0 Å². The van der Waals surface area contributed by atoms with E-state index in [0.717, 1.165) is 5.75 Å². The van der Waals surface area contributed by atoms with Crippen LogP contribution in [0.5, 0.6) is 0 Å². The molecule has 1 aromatic carbocycles. The Bertz CT molecular complexity index is 457. The van der Waals surface area contributed by atoms with E-state index in [-0.39, 0.29) is 16.9 Å². The van der Waals surface area contributed by atoms with E-state index in [0.29, 0.717) is 27.7 Å². The summed E-state index contributed by atoms with van der Waals surface area (Å²) in [5.74, 6) is 0.841. The summed E-state index contributed by atoms with van der Waals surface area (Å²) in [5, 5.41) is 5.41. The fourth-order valence-electron chi connectivity index (χ4n) is 2.38. The average Bonchev–Trinajstić information content (AvgIpc) is 2.44. The second-order valence-corrected chi connectivity index (χ2v) is 8.67. The molecular formula is C15H21ClFNS2. The van der Waals surface area contributed by atoms with Gasteiger partial charge in [-0.05, 0) is 25.1 Å². The summed E-state index contributed by atoms with van der Waals surface area (Å²) in [4.78, 5) is 0. The standard InChI is InChI=1S/C15H21ClFNS2/c1-9-10(2)20-14(8-19-9)13(18-3)7-11-5-4-6-12(16)15(11)17/h4-6,9-10,13-14,18H,7-8H2,1-3H3. The Morgan fingerprint density at radius 2 is 2.15 bits per heavy atom. The molecule has 2 rings (SSSR count). The average molecular weight is 334 g/mol. The minimum Gasteiger partial charge on any atom is -0.316 e. The van der Waals surface area contributed by atoms with Gasteiger partial charge in [0.2, 0.25) is 0 Å². The van der Waals surface area contributed by atoms with Crippen LogP contribution in [0.2, 0.25) is 5.02 Å². The summed E-state index contributed by atoms with van der Waals surface area (Å²) in [6.45, 7) is 4.56. The third-order valence-electron chi connectivity index (χ3n) is 3.86. The van der Waals surface area contributed by atoms with Crippen LogP contribution in [0.4, 0.5) is 4.39 Å². The zero-order chi connectivity index (χ0) is 14.7. The van der Waals surface area contributed by atoms with Crippen molar-refractivity contribution in [2.75, 3.05) is 12.8 Å². The quantitative estimate of drug-likeness (QED) is 0.885. The number of likely N-dealkylation sites (N-methyl/N-ethyl adjacent to an activating group) is 1.